The molecule has 1 aliphatic heterocycles. The molecule has 1 amide bonds. The number of aromatic nitrogens is 4. The lowest BCUT2D eigenvalue weighted by atomic mass is 10.1. The molecule has 30 heavy (non-hydrogen) atoms. The average Bonchev–Trinajstić information content (AvgIpc) is 3.29. The highest BCUT2D eigenvalue weighted by molar-refractivity contribution is 6.00. The Bertz CT molecular complexity index is 1280. The number of amides is 1. The third kappa shape index (κ3) is 3.11. The van der Waals surface area contributed by atoms with E-state index in [9.17, 15) is 4.79 Å². The Balaban J connectivity index is 1.72. The molecule has 4 heterocycles. The first kappa shape index (κ1) is 18.4. The SMILES string of the molecule is CNc1cc2nc3c(cnn13)C(=O)N[C@H](C)COCc1cc(c3oc(C)nc3c1)N2. The Hall–Kier alpha value is -3.66. The number of rotatable bonds is 1. The van der Waals surface area contributed by atoms with Crippen LogP contribution in [0.5, 0.6) is 0 Å². The number of aryl methyl sites for hydroxylation is 1. The van der Waals surface area contributed by atoms with Gasteiger partial charge in [-0.05, 0) is 24.6 Å². The van der Waals surface area contributed by atoms with Crippen molar-refractivity contribution in [3.05, 3.63) is 41.4 Å². The molecule has 3 N–H and O–H groups in total. The molecule has 154 valence electrons. The van der Waals surface area contributed by atoms with Crippen LogP contribution in [0.1, 0.15) is 28.7 Å². The summed E-state index contributed by atoms with van der Waals surface area (Å²) in [5, 5.41) is 13.7. The third-order valence-corrected chi connectivity index (χ3v) is 4.91. The summed E-state index contributed by atoms with van der Waals surface area (Å²) in [5.74, 6) is 1.55. The maximum atomic E-state index is 12.8. The molecule has 0 saturated carbocycles. The first-order chi connectivity index (χ1) is 14.5. The van der Waals surface area contributed by atoms with Gasteiger partial charge in [0.2, 0.25) is 0 Å². The van der Waals surface area contributed by atoms with Crippen molar-refractivity contribution in [2.24, 2.45) is 0 Å². The number of nitrogens with zero attached hydrogens (tertiary/aromatic N) is 4. The van der Waals surface area contributed by atoms with Gasteiger partial charge in [-0.25, -0.2) is 9.97 Å². The van der Waals surface area contributed by atoms with Gasteiger partial charge in [-0.2, -0.15) is 9.61 Å². The second-order valence-electron chi connectivity index (χ2n) is 7.31. The van der Waals surface area contributed by atoms with E-state index >= 15 is 0 Å². The molecule has 0 spiro atoms. The fourth-order valence-electron chi connectivity index (χ4n) is 3.58. The number of benzene rings is 1. The Labute approximate surface area is 171 Å². The maximum Gasteiger partial charge on any atom is 0.257 e. The number of carbonyl (C=O) groups excluding carboxylic acids is 1. The van der Waals surface area contributed by atoms with Gasteiger partial charge < -0.3 is 25.1 Å². The lowest BCUT2D eigenvalue weighted by Gasteiger charge is -2.16. The molecule has 0 radical (unpaired) electrons. The van der Waals surface area contributed by atoms with E-state index in [1.54, 1.807) is 11.6 Å². The highest BCUT2D eigenvalue weighted by atomic mass is 16.5. The smallest absolute Gasteiger partial charge is 0.257 e. The lowest BCUT2D eigenvalue weighted by Crippen LogP contribution is -2.35. The van der Waals surface area contributed by atoms with Crippen LogP contribution in [-0.4, -0.2) is 45.2 Å². The topological polar surface area (TPSA) is 119 Å². The summed E-state index contributed by atoms with van der Waals surface area (Å²) in [7, 11) is 1.79. The monoisotopic (exact) mass is 407 g/mol. The molecule has 5 rings (SSSR count). The number of carbonyl (C=O) groups is 1. The Morgan fingerprint density at radius 3 is 2.97 bits per heavy atom. The van der Waals surface area contributed by atoms with Gasteiger partial charge in [0, 0.05) is 26.1 Å². The fourth-order valence-corrected chi connectivity index (χ4v) is 3.58. The molecule has 0 aliphatic carbocycles. The largest absolute Gasteiger partial charge is 0.439 e. The van der Waals surface area contributed by atoms with Gasteiger partial charge in [0.25, 0.3) is 5.91 Å². The highest BCUT2D eigenvalue weighted by Gasteiger charge is 2.20. The molecule has 0 unspecified atom stereocenters. The quantitative estimate of drug-likeness (QED) is 0.441. The zero-order valence-corrected chi connectivity index (χ0v) is 16.8. The third-order valence-electron chi connectivity index (χ3n) is 4.91. The van der Waals surface area contributed by atoms with Crippen molar-refractivity contribution in [2.45, 2.75) is 26.5 Å². The minimum atomic E-state index is -0.253. The number of hydrogen-bond donors (Lipinski definition) is 3. The minimum Gasteiger partial charge on any atom is -0.439 e. The van der Waals surface area contributed by atoms with Crippen LogP contribution in [0.25, 0.3) is 16.7 Å². The normalized spacial score (nSPS) is 17.0. The molecular formula is C20H21N7O3. The predicted molar refractivity (Wildman–Crippen MR) is 111 cm³/mol. The first-order valence-corrected chi connectivity index (χ1v) is 9.64. The zero-order valence-electron chi connectivity index (χ0n) is 16.8. The first-order valence-electron chi connectivity index (χ1n) is 9.64. The highest BCUT2D eigenvalue weighted by Crippen LogP contribution is 2.30. The fraction of sp³-hybridized carbons (Fsp3) is 0.300. The molecular weight excluding hydrogens is 386 g/mol. The number of anilines is 3. The standard InChI is InChI=1S/C20H21N7O3/c1-10-8-29-9-12-4-14-18(30-11(2)24-14)15(5-12)25-16-6-17(21-3)27-19(26-16)13(7-22-27)20(28)23-10/h4-7,10,21H,8-9H2,1-3H3,(H,23,28)(H,25,26)/t10-/m1/s1. The molecule has 1 aliphatic rings. The van der Waals surface area contributed by atoms with E-state index in [2.05, 4.69) is 31.0 Å². The molecule has 1 aromatic carbocycles. The number of ether oxygens (including phenoxy) is 1. The van der Waals surface area contributed by atoms with Gasteiger partial charge in [0.1, 0.15) is 22.7 Å². The van der Waals surface area contributed by atoms with Crippen molar-refractivity contribution in [1.82, 2.24) is 24.9 Å². The van der Waals surface area contributed by atoms with Gasteiger partial charge in [0.05, 0.1) is 25.1 Å². The van der Waals surface area contributed by atoms with Gasteiger partial charge in [-0.15, -0.1) is 0 Å². The van der Waals surface area contributed by atoms with Crippen LogP contribution in [0.15, 0.2) is 28.8 Å². The Kier molecular flexibility index (Phi) is 4.28. The number of hydrogen-bond acceptors (Lipinski definition) is 8. The molecule has 4 bridgehead atoms. The van der Waals surface area contributed by atoms with Crippen molar-refractivity contribution < 1.29 is 13.9 Å². The molecule has 0 fully saturated rings. The summed E-state index contributed by atoms with van der Waals surface area (Å²) in [5.41, 5.74) is 3.86. The molecule has 4 aromatic rings. The van der Waals surface area contributed by atoms with Crippen LogP contribution in [0, 0.1) is 6.92 Å². The Morgan fingerprint density at radius 2 is 2.13 bits per heavy atom. The maximum absolute atomic E-state index is 12.8. The summed E-state index contributed by atoms with van der Waals surface area (Å²) >= 11 is 0. The van der Waals surface area contributed by atoms with Crippen LogP contribution in [0.2, 0.25) is 0 Å². The molecule has 10 nitrogen and oxygen atoms in total. The van der Waals surface area contributed by atoms with Crippen molar-refractivity contribution in [1.29, 1.82) is 0 Å². The van der Waals surface area contributed by atoms with Crippen LogP contribution in [0.3, 0.4) is 0 Å². The summed E-state index contributed by atoms with van der Waals surface area (Å²) in [6.07, 6.45) is 1.51. The molecule has 0 saturated heterocycles. The van der Waals surface area contributed by atoms with Gasteiger partial charge in [-0.1, -0.05) is 0 Å². The minimum absolute atomic E-state index is 0.182. The van der Waals surface area contributed by atoms with E-state index in [1.807, 2.05) is 32.0 Å². The summed E-state index contributed by atoms with van der Waals surface area (Å²) in [6.45, 7) is 4.45. The van der Waals surface area contributed by atoms with E-state index in [0.717, 1.165) is 16.8 Å². The van der Waals surface area contributed by atoms with Crippen LogP contribution < -0.4 is 16.0 Å². The van der Waals surface area contributed by atoms with Crippen LogP contribution in [0.4, 0.5) is 17.3 Å². The summed E-state index contributed by atoms with van der Waals surface area (Å²) < 4.78 is 13.2. The summed E-state index contributed by atoms with van der Waals surface area (Å²) in [6, 6.07) is 5.54. The van der Waals surface area contributed by atoms with Crippen LogP contribution in [-0.2, 0) is 11.3 Å². The number of nitrogens with one attached hydrogen (secondary N) is 3. The van der Waals surface area contributed by atoms with Crippen LogP contribution >= 0.6 is 0 Å². The van der Waals surface area contributed by atoms with E-state index in [1.165, 1.54) is 6.20 Å². The van der Waals surface area contributed by atoms with E-state index in [0.29, 0.717) is 47.5 Å². The van der Waals surface area contributed by atoms with E-state index < -0.39 is 0 Å². The van der Waals surface area contributed by atoms with Gasteiger partial charge in [0.15, 0.2) is 17.1 Å². The van der Waals surface area contributed by atoms with E-state index in [4.69, 9.17) is 9.15 Å². The molecule has 3 aromatic heterocycles. The van der Waals surface area contributed by atoms with E-state index in [-0.39, 0.29) is 11.9 Å². The molecule has 1 atom stereocenters. The second kappa shape index (κ2) is 6.99. The zero-order chi connectivity index (χ0) is 20.8. The van der Waals surface area contributed by atoms with Gasteiger partial charge >= 0.3 is 0 Å². The lowest BCUT2D eigenvalue weighted by molar-refractivity contribution is 0.0821. The molecule has 10 heteroatoms. The Morgan fingerprint density at radius 1 is 1.27 bits per heavy atom. The van der Waals surface area contributed by atoms with Gasteiger partial charge in [-0.3, -0.25) is 4.79 Å². The van der Waals surface area contributed by atoms with Crippen molar-refractivity contribution >= 4 is 40.0 Å². The number of oxazole rings is 1. The average molecular weight is 407 g/mol. The van der Waals surface area contributed by atoms with Crippen molar-refractivity contribution in [3.8, 4) is 0 Å². The predicted octanol–water partition coefficient (Wildman–Crippen LogP) is 2.61. The summed E-state index contributed by atoms with van der Waals surface area (Å²) in [4.78, 5) is 21.9. The van der Waals surface area contributed by atoms with Crippen molar-refractivity contribution in [3.63, 3.8) is 0 Å². The second-order valence-corrected chi connectivity index (χ2v) is 7.31. The number of fused-ring (bicyclic) bond motifs is 5. The van der Waals surface area contributed by atoms with Crippen molar-refractivity contribution in [2.75, 3.05) is 24.3 Å².